The highest BCUT2D eigenvalue weighted by Crippen LogP contribution is 2.35. The van der Waals surface area contributed by atoms with Gasteiger partial charge in [-0.1, -0.05) is 0 Å². The quantitative estimate of drug-likeness (QED) is 0.395. The van der Waals surface area contributed by atoms with E-state index in [1.54, 1.807) is 16.4 Å². The van der Waals surface area contributed by atoms with Crippen molar-refractivity contribution in [3.05, 3.63) is 36.2 Å². The zero-order chi connectivity index (χ0) is 23.7. The largest absolute Gasteiger partial charge is 0.366 e. The lowest BCUT2D eigenvalue weighted by molar-refractivity contribution is 0.200. The van der Waals surface area contributed by atoms with Crippen LogP contribution in [-0.2, 0) is 0 Å². The lowest BCUT2D eigenvalue weighted by atomic mass is 9.91. The summed E-state index contributed by atoms with van der Waals surface area (Å²) in [7, 11) is 1.28. The summed E-state index contributed by atoms with van der Waals surface area (Å²) in [6, 6.07) is 2.42. The SMILES string of the molecule is O=C(N[C@H]1CCC[C@@H](Nc2cnnc(-c3cn(SI)c4c(F)cc(F)cc34)n2)C1)N1CCCC1. The van der Waals surface area contributed by atoms with E-state index in [2.05, 4.69) is 25.8 Å². The third kappa shape index (κ3) is 4.92. The third-order valence-electron chi connectivity index (χ3n) is 6.41. The van der Waals surface area contributed by atoms with Crippen molar-refractivity contribution < 1.29 is 13.6 Å². The van der Waals surface area contributed by atoms with Crippen LogP contribution in [0.15, 0.2) is 24.5 Å². The van der Waals surface area contributed by atoms with Crippen molar-refractivity contribution in [3.63, 3.8) is 0 Å². The van der Waals surface area contributed by atoms with E-state index in [-0.39, 0.29) is 23.6 Å². The first-order chi connectivity index (χ1) is 16.5. The number of carbonyl (C=O) groups excluding carboxylic acids is 1. The predicted octanol–water partition coefficient (Wildman–Crippen LogP) is 5.15. The highest BCUT2D eigenvalue weighted by molar-refractivity contribution is 14.2. The van der Waals surface area contributed by atoms with Crippen molar-refractivity contribution in [1.29, 1.82) is 0 Å². The summed E-state index contributed by atoms with van der Waals surface area (Å²) in [5, 5.41) is 15.2. The molecule has 2 N–H and O–H groups in total. The summed E-state index contributed by atoms with van der Waals surface area (Å²) in [6.45, 7) is 1.66. The number of nitrogens with one attached hydrogen (secondary N) is 2. The second-order valence-electron chi connectivity index (χ2n) is 8.74. The van der Waals surface area contributed by atoms with Crippen molar-refractivity contribution >= 4 is 53.1 Å². The molecule has 8 nitrogen and oxygen atoms in total. The number of urea groups is 1. The molecule has 3 heterocycles. The molecule has 2 aliphatic rings. The van der Waals surface area contributed by atoms with Gasteiger partial charge in [-0.05, 0) is 44.6 Å². The number of hydrogen-bond acceptors (Lipinski definition) is 6. The number of likely N-dealkylation sites (tertiary alicyclic amines) is 1. The zero-order valence-corrected chi connectivity index (χ0v) is 21.3. The number of carbonyl (C=O) groups is 1. The highest BCUT2D eigenvalue weighted by atomic mass is 127. The fourth-order valence-corrected chi connectivity index (χ4v) is 6.15. The highest BCUT2D eigenvalue weighted by Gasteiger charge is 2.26. The number of hydrogen-bond donors (Lipinski definition) is 2. The maximum Gasteiger partial charge on any atom is 0.317 e. The first-order valence-electron chi connectivity index (χ1n) is 11.3. The van der Waals surface area contributed by atoms with E-state index in [4.69, 9.17) is 0 Å². The Hall–Kier alpha value is -2.22. The normalized spacial score (nSPS) is 20.6. The molecule has 34 heavy (non-hydrogen) atoms. The lowest BCUT2D eigenvalue weighted by Gasteiger charge is -2.31. The Bertz CT molecular complexity index is 1200. The van der Waals surface area contributed by atoms with Crippen LogP contribution >= 0.6 is 30.3 Å². The summed E-state index contributed by atoms with van der Waals surface area (Å²) in [4.78, 5) is 18.9. The summed E-state index contributed by atoms with van der Waals surface area (Å²) in [6.07, 6.45) is 9.07. The Morgan fingerprint density at radius 1 is 1.15 bits per heavy atom. The Balaban J connectivity index is 1.32. The minimum atomic E-state index is -0.658. The van der Waals surface area contributed by atoms with Crippen LogP contribution in [0.3, 0.4) is 0 Å². The number of aromatic nitrogens is 4. The molecule has 1 aromatic carbocycles. The van der Waals surface area contributed by atoms with E-state index >= 15 is 0 Å². The monoisotopic (exact) mass is 599 g/mol. The molecule has 2 atom stereocenters. The van der Waals surface area contributed by atoms with Crippen LogP contribution < -0.4 is 10.6 Å². The Morgan fingerprint density at radius 3 is 2.74 bits per heavy atom. The molecular weight excluding hydrogens is 575 g/mol. The molecule has 2 fully saturated rings. The van der Waals surface area contributed by atoms with Crippen molar-refractivity contribution in [2.24, 2.45) is 0 Å². The molecule has 3 aromatic rings. The van der Waals surface area contributed by atoms with Gasteiger partial charge < -0.3 is 15.5 Å². The molecule has 0 spiro atoms. The fourth-order valence-electron chi connectivity index (χ4n) is 4.81. The van der Waals surface area contributed by atoms with Gasteiger partial charge in [-0.25, -0.2) is 18.6 Å². The van der Waals surface area contributed by atoms with E-state index in [1.165, 1.54) is 15.2 Å². The smallest absolute Gasteiger partial charge is 0.317 e. The number of anilines is 1. The van der Waals surface area contributed by atoms with Crippen LogP contribution in [0.4, 0.5) is 19.4 Å². The lowest BCUT2D eigenvalue weighted by Crippen LogP contribution is -2.47. The van der Waals surface area contributed by atoms with Gasteiger partial charge in [-0.15, -0.1) is 5.10 Å². The van der Waals surface area contributed by atoms with Crippen molar-refractivity contribution in [2.45, 2.75) is 50.6 Å². The molecule has 5 rings (SSSR count). The maximum absolute atomic E-state index is 14.5. The summed E-state index contributed by atoms with van der Waals surface area (Å²) in [5.41, 5.74) is 0.787. The van der Waals surface area contributed by atoms with E-state index in [0.717, 1.165) is 57.7 Å². The molecule has 180 valence electrons. The van der Waals surface area contributed by atoms with Gasteiger partial charge in [0.25, 0.3) is 0 Å². The second kappa shape index (κ2) is 10.2. The van der Waals surface area contributed by atoms with Crippen LogP contribution in [0.1, 0.15) is 38.5 Å². The van der Waals surface area contributed by atoms with E-state index in [9.17, 15) is 13.6 Å². The molecule has 1 aliphatic carbocycles. The number of benzene rings is 1. The van der Waals surface area contributed by atoms with Crippen molar-refractivity contribution in [1.82, 2.24) is 29.4 Å². The number of halogens is 3. The first-order valence-corrected chi connectivity index (χ1v) is 14.6. The number of nitrogens with zero attached hydrogens (tertiary/aromatic N) is 5. The van der Waals surface area contributed by atoms with Gasteiger partial charge in [-0.3, -0.25) is 3.97 Å². The minimum Gasteiger partial charge on any atom is -0.366 e. The first kappa shape index (κ1) is 23.5. The van der Waals surface area contributed by atoms with Crippen LogP contribution in [0.5, 0.6) is 0 Å². The van der Waals surface area contributed by atoms with Gasteiger partial charge in [-0.2, -0.15) is 5.10 Å². The fraction of sp³-hybridized carbons (Fsp3) is 0.455. The van der Waals surface area contributed by atoms with Gasteiger partial charge in [0.2, 0.25) is 0 Å². The van der Waals surface area contributed by atoms with Gasteiger partial charge >= 0.3 is 6.03 Å². The van der Waals surface area contributed by atoms with Gasteiger partial charge in [0.1, 0.15) is 11.6 Å². The molecular formula is C22H24F2IN7OS. The summed E-state index contributed by atoms with van der Waals surface area (Å²) >= 11 is 2.04. The molecule has 1 saturated carbocycles. The number of fused-ring (bicyclic) bond motifs is 1. The maximum atomic E-state index is 14.5. The van der Waals surface area contributed by atoms with Crippen LogP contribution in [0.2, 0.25) is 0 Å². The zero-order valence-electron chi connectivity index (χ0n) is 18.3. The van der Waals surface area contributed by atoms with Gasteiger partial charge in [0, 0.05) is 78.7 Å². The number of rotatable bonds is 5. The van der Waals surface area contributed by atoms with E-state index in [1.807, 2.05) is 26.1 Å². The van der Waals surface area contributed by atoms with Crippen LogP contribution in [0.25, 0.3) is 22.3 Å². The van der Waals surface area contributed by atoms with E-state index in [0.29, 0.717) is 22.6 Å². The average molecular weight is 599 g/mol. The molecule has 1 saturated heterocycles. The third-order valence-corrected chi connectivity index (χ3v) is 8.12. The Kier molecular flexibility index (Phi) is 7.04. The molecule has 2 aromatic heterocycles. The van der Waals surface area contributed by atoms with Crippen molar-refractivity contribution in [3.8, 4) is 11.4 Å². The summed E-state index contributed by atoms with van der Waals surface area (Å²) < 4.78 is 30.0. The van der Waals surface area contributed by atoms with Crippen LogP contribution in [-0.4, -0.2) is 55.3 Å². The second-order valence-corrected chi connectivity index (χ2v) is 10.4. The molecule has 0 bridgehead atoms. The van der Waals surface area contributed by atoms with Gasteiger partial charge in [0.05, 0.1) is 11.7 Å². The molecule has 1 aliphatic heterocycles. The molecule has 2 amide bonds. The predicted molar refractivity (Wildman–Crippen MR) is 137 cm³/mol. The van der Waals surface area contributed by atoms with Crippen molar-refractivity contribution in [2.75, 3.05) is 18.4 Å². The number of amides is 2. The van der Waals surface area contributed by atoms with E-state index < -0.39 is 11.6 Å². The minimum absolute atomic E-state index is 0.0260. The average Bonchev–Trinajstić information content (AvgIpc) is 3.48. The molecule has 0 unspecified atom stereocenters. The topological polar surface area (TPSA) is 88.0 Å². The van der Waals surface area contributed by atoms with Crippen LogP contribution in [0, 0.1) is 11.6 Å². The summed E-state index contributed by atoms with van der Waals surface area (Å²) in [5.74, 6) is -0.467. The Morgan fingerprint density at radius 2 is 1.94 bits per heavy atom. The van der Waals surface area contributed by atoms with Gasteiger partial charge in [0.15, 0.2) is 11.6 Å². The Labute approximate surface area is 212 Å². The standard InChI is InChI=1S/C22H24F2IN7OS/c23-13-8-16-17(12-32(34-25)20(16)18(24)9-13)21-29-19(11-26-30-21)27-14-4-3-5-15(10-14)28-22(33)31-6-1-2-7-31/h8-9,11-12,14-15H,1-7,10H2,(H,28,33)(H,27,29,30)/t14-,15+/m1/s1. The molecule has 12 heteroatoms. The molecule has 0 radical (unpaired) electrons.